The van der Waals surface area contributed by atoms with E-state index in [-0.39, 0.29) is 18.9 Å². The summed E-state index contributed by atoms with van der Waals surface area (Å²) in [6.07, 6.45) is -0.301. The van der Waals surface area contributed by atoms with Crippen molar-refractivity contribution in [3.63, 3.8) is 0 Å². The first-order valence-electron chi connectivity index (χ1n) is 2.67. The Hall–Kier alpha value is -0.670. The molecule has 0 spiro atoms. The van der Waals surface area contributed by atoms with Gasteiger partial charge in [-0.3, -0.25) is 0 Å². The third kappa shape index (κ3) is 1.62. The van der Waals surface area contributed by atoms with Crippen molar-refractivity contribution in [1.82, 2.24) is 0 Å². The number of rotatable bonds is 0. The molecule has 0 aromatic carbocycles. The molecule has 0 bridgehead atoms. The van der Waals surface area contributed by atoms with Crippen molar-refractivity contribution in [2.24, 2.45) is 4.99 Å². The Balaban J connectivity index is 2.68. The van der Waals surface area contributed by atoms with Crippen LogP contribution in [0.2, 0.25) is 0 Å². The summed E-state index contributed by atoms with van der Waals surface area (Å²) in [5.74, 6) is 0.0752. The zero-order valence-electron chi connectivity index (χ0n) is 5.03. The molecule has 0 aromatic heterocycles. The maximum absolute atomic E-state index is 12.2. The Kier molecular flexibility index (Phi) is 1.38. The van der Waals surface area contributed by atoms with Gasteiger partial charge in [-0.15, -0.1) is 0 Å². The van der Waals surface area contributed by atoms with Crippen LogP contribution in [-0.2, 0) is 4.74 Å². The average molecular weight is 135 g/mol. The minimum atomic E-state index is -2.89. The Labute approximate surface area is 51.5 Å². The molecule has 0 N–H and O–H groups in total. The van der Waals surface area contributed by atoms with E-state index in [1.54, 1.807) is 0 Å². The number of hydrogen-bond donors (Lipinski definition) is 0. The topological polar surface area (TPSA) is 21.6 Å². The van der Waals surface area contributed by atoms with E-state index in [0.29, 0.717) is 0 Å². The van der Waals surface area contributed by atoms with Gasteiger partial charge in [0.15, 0.2) is 5.90 Å². The van der Waals surface area contributed by atoms with Gasteiger partial charge in [0.25, 0.3) is 0 Å². The lowest BCUT2D eigenvalue weighted by atomic mass is 10.4. The summed E-state index contributed by atoms with van der Waals surface area (Å²) >= 11 is 0. The van der Waals surface area contributed by atoms with Gasteiger partial charge in [-0.2, -0.15) is 13.8 Å². The molecule has 1 aliphatic rings. The molecule has 0 aromatic rings. The molecule has 0 unspecified atom stereocenters. The predicted octanol–water partition coefficient (Wildman–Crippen LogP) is 1.42. The minimum absolute atomic E-state index is 0.0718. The zero-order chi connectivity index (χ0) is 6.91. The molecule has 2 nitrogen and oxygen atoms in total. The van der Waals surface area contributed by atoms with Gasteiger partial charge >= 0.3 is 6.05 Å². The molecule has 4 heteroatoms. The first-order chi connectivity index (χ1) is 4.10. The van der Waals surface area contributed by atoms with Crippen molar-refractivity contribution in [3.8, 4) is 0 Å². The van der Waals surface area contributed by atoms with Crippen LogP contribution in [0.4, 0.5) is 8.78 Å². The summed E-state index contributed by atoms with van der Waals surface area (Å²) in [7, 11) is 0. The summed E-state index contributed by atoms with van der Waals surface area (Å²) in [6, 6.07) is -2.89. The van der Waals surface area contributed by atoms with Gasteiger partial charge in [-0.05, 0) is 0 Å². The fraction of sp³-hybridized carbons (Fsp3) is 0.800. The van der Waals surface area contributed by atoms with E-state index in [4.69, 9.17) is 0 Å². The Bertz CT molecular complexity index is 144. The third-order valence-electron chi connectivity index (χ3n) is 1.03. The second kappa shape index (κ2) is 1.93. The van der Waals surface area contributed by atoms with Gasteiger partial charge < -0.3 is 4.74 Å². The summed E-state index contributed by atoms with van der Waals surface area (Å²) in [5.41, 5.74) is 0. The number of aliphatic imine (C=N–C) groups is 1. The number of hydrogen-bond acceptors (Lipinski definition) is 2. The number of halogens is 2. The van der Waals surface area contributed by atoms with Crippen molar-refractivity contribution in [1.29, 1.82) is 0 Å². The van der Waals surface area contributed by atoms with Crippen molar-refractivity contribution in [2.75, 3.05) is 6.61 Å². The standard InChI is InChI=1S/C5H7F2NO/c1-4-8-5(6,7)2-3-9-4/h2-3H2,1H3. The van der Waals surface area contributed by atoms with Crippen molar-refractivity contribution in [3.05, 3.63) is 0 Å². The van der Waals surface area contributed by atoms with E-state index < -0.39 is 6.05 Å². The van der Waals surface area contributed by atoms with Gasteiger partial charge in [0.1, 0.15) is 0 Å². The lowest BCUT2D eigenvalue weighted by Gasteiger charge is -2.17. The molecule has 0 radical (unpaired) electrons. The van der Waals surface area contributed by atoms with Crippen LogP contribution in [0.15, 0.2) is 4.99 Å². The van der Waals surface area contributed by atoms with Crippen LogP contribution in [-0.4, -0.2) is 18.6 Å². The smallest absolute Gasteiger partial charge is 0.348 e. The highest BCUT2D eigenvalue weighted by molar-refractivity contribution is 5.73. The molecule has 1 rings (SSSR count). The minimum Gasteiger partial charge on any atom is -0.481 e. The number of alkyl halides is 2. The normalized spacial score (nSPS) is 24.6. The molecule has 0 amide bonds. The molecule has 1 heterocycles. The Morgan fingerprint density at radius 1 is 1.67 bits per heavy atom. The van der Waals surface area contributed by atoms with Gasteiger partial charge in [-0.1, -0.05) is 0 Å². The highest BCUT2D eigenvalue weighted by Gasteiger charge is 2.31. The van der Waals surface area contributed by atoms with Gasteiger partial charge in [0.05, 0.1) is 13.0 Å². The van der Waals surface area contributed by atoms with Crippen molar-refractivity contribution >= 4 is 5.90 Å². The molecule has 52 valence electrons. The molecule has 9 heavy (non-hydrogen) atoms. The quantitative estimate of drug-likeness (QED) is 0.460. The van der Waals surface area contributed by atoms with E-state index in [2.05, 4.69) is 9.73 Å². The second-order valence-corrected chi connectivity index (χ2v) is 1.90. The monoisotopic (exact) mass is 135 g/mol. The van der Waals surface area contributed by atoms with E-state index in [1.807, 2.05) is 0 Å². The summed E-state index contributed by atoms with van der Waals surface area (Å²) in [5, 5.41) is 0. The average Bonchev–Trinajstić information content (AvgIpc) is 1.60. The summed E-state index contributed by atoms with van der Waals surface area (Å²) in [4.78, 5) is 2.98. The third-order valence-corrected chi connectivity index (χ3v) is 1.03. The largest absolute Gasteiger partial charge is 0.481 e. The molecule has 0 saturated heterocycles. The van der Waals surface area contributed by atoms with Crippen LogP contribution in [0.3, 0.4) is 0 Å². The van der Waals surface area contributed by atoms with E-state index in [9.17, 15) is 8.78 Å². The van der Waals surface area contributed by atoms with Gasteiger partial charge in [-0.25, -0.2) is 0 Å². The molecular weight excluding hydrogens is 128 g/mol. The fourth-order valence-corrected chi connectivity index (χ4v) is 0.640. The van der Waals surface area contributed by atoms with Crippen molar-refractivity contribution < 1.29 is 13.5 Å². The highest BCUT2D eigenvalue weighted by atomic mass is 19.3. The molecule has 1 aliphatic heterocycles. The van der Waals surface area contributed by atoms with Crippen LogP contribution in [0.25, 0.3) is 0 Å². The zero-order valence-corrected chi connectivity index (χ0v) is 5.03. The lowest BCUT2D eigenvalue weighted by molar-refractivity contribution is -0.0266. The van der Waals surface area contributed by atoms with E-state index >= 15 is 0 Å². The maximum Gasteiger partial charge on any atom is 0.348 e. The molecule has 0 saturated carbocycles. The lowest BCUT2D eigenvalue weighted by Crippen LogP contribution is -2.24. The summed E-state index contributed by atoms with van der Waals surface area (Å²) < 4.78 is 29.1. The SMILES string of the molecule is CC1=NC(F)(F)CCO1. The number of nitrogens with zero attached hydrogens (tertiary/aromatic N) is 1. The molecule has 0 atom stereocenters. The first-order valence-corrected chi connectivity index (χ1v) is 2.67. The van der Waals surface area contributed by atoms with Crippen LogP contribution in [0.1, 0.15) is 13.3 Å². The van der Waals surface area contributed by atoms with Crippen LogP contribution >= 0.6 is 0 Å². The Morgan fingerprint density at radius 3 is 2.67 bits per heavy atom. The van der Waals surface area contributed by atoms with Gasteiger partial charge in [0.2, 0.25) is 0 Å². The van der Waals surface area contributed by atoms with E-state index in [0.717, 1.165) is 0 Å². The highest BCUT2D eigenvalue weighted by Crippen LogP contribution is 2.23. The second-order valence-electron chi connectivity index (χ2n) is 1.90. The first kappa shape index (κ1) is 6.45. The van der Waals surface area contributed by atoms with Crippen LogP contribution in [0.5, 0.6) is 0 Å². The molecular formula is C5H7F2NO. The Morgan fingerprint density at radius 2 is 2.33 bits per heavy atom. The van der Waals surface area contributed by atoms with Crippen LogP contribution < -0.4 is 0 Å². The summed E-state index contributed by atoms with van der Waals surface area (Å²) in [6.45, 7) is 1.50. The van der Waals surface area contributed by atoms with E-state index in [1.165, 1.54) is 6.92 Å². The van der Waals surface area contributed by atoms with Gasteiger partial charge in [0, 0.05) is 6.92 Å². The van der Waals surface area contributed by atoms with Crippen LogP contribution in [0, 0.1) is 0 Å². The number of ether oxygens (including phenoxy) is 1. The predicted molar refractivity (Wildman–Crippen MR) is 28.6 cm³/mol. The maximum atomic E-state index is 12.2. The molecule has 0 aliphatic carbocycles. The molecule has 0 fully saturated rings. The van der Waals surface area contributed by atoms with Crippen molar-refractivity contribution in [2.45, 2.75) is 19.4 Å². The fourth-order valence-electron chi connectivity index (χ4n) is 0.640.